The lowest BCUT2D eigenvalue weighted by molar-refractivity contribution is 0.0579. The van der Waals surface area contributed by atoms with Crippen molar-refractivity contribution in [2.45, 2.75) is 78.9 Å². The van der Waals surface area contributed by atoms with Crippen LogP contribution in [0, 0.1) is 5.92 Å². The van der Waals surface area contributed by atoms with E-state index in [4.69, 9.17) is 4.74 Å². The number of likely N-dealkylation sites (tertiary alicyclic amines) is 1. The average molecular weight is 376 g/mol. The van der Waals surface area contributed by atoms with Crippen LogP contribution in [0.15, 0.2) is 18.3 Å². The fourth-order valence-corrected chi connectivity index (χ4v) is 3.65. The third-order valence-corrected chi connectivity index (χ3v) is 4.71. The first-order valence-electron chi connectivity index (χ1n) is 10.4. The number of carbonyl (C=O) groups excluding carboxylic acids is 1. The van der Waals surface area contributed by atoms with Gasteiger partial charge in [0.05, 0.1) is 0 Å². The summed E-state index contributed by atoms with van der Waals surface area (Å²) in [7, 11) is 0. The largest absolute Gasteiger partial charge is 0.443 e. The minimum Gasteiger partial charge on any atom is -0.443 e. The van der Waals surface area contributed by atoms with Crippen LogP contribution in [0.25, 0.3) is 0 Å². The first-order chi connectivity index (χ1) is 12.7. The van der Waals surface area contributed by atoms with Gasteiger partial charge < -0.3 is 4.74 Å². The maximum absolute atomic E-state index is 12.6. The number of nitrogens with zero attached hydrogens (tertiary/aromatic N) is 3. The van der Waals surface area contributed by atoms with E-state index in [0.717, 1.165) is 19.5 Å². The molecule has 0 unspecified atom stereocenters. The third-order valence-electron chi connectivity index (χ3n) is 4.71. The average Bonchev–Trinajstić information content (AvgIpc) is 2.58. The molecule has 5 heteroatoms. The molecule has 1 fully saturated rings. The fourth-order valence-electron chi connectivity index (χ4n) is 3.65. The Morgan fingerprint density at radius 3 is 2.63 bits per heavy atom. The Kier molecular flexibility index (Phi) is 7.66. The van der Waals surface area contributed by atoms with E-state index < -0.39 is 5.60 Å². The number of rotatable bonds is 6. The molecule has 1 aromatic heterocycles. The van der Waals surface area contributed by atoms with Gasteiger partial charge in [-0.1, -0.05) is 33.3 Å². The van der Waals surface area contributed by atoms with Gasteiger partial charge in [-0.05, 0) is 64.1 Å². The van der Waals surface area contributed by atoms with Gasteiger partial charge in [0.25, 0.3) is 0 Å². The van der Waals surface area contributed by atoms with Crippen molar-refractivity contribution in [2.75, 3.05) is 24.5 Å². The number of amides is 1. The van der Waals surface area contributed by atoms with E-state index in [0.29, 0.717) is 24.3 Å². The lowest BCUT2D eigenvalue weighted by Gasteiger charge is -2.37. The van der Waals surface area contributed by atoms with Crippen LogP contribution in [-0.2, 0) is 4.74 Å². The molecule has 0 spiro atoms. The molecule has 1 aliphatic heterocycles. The number of ether oxygens (including phenoxy) is 1. The summed E-state index contributed by atoms with van der Waals surface area (Å²) in [6.45, 7) is 15.1. The summed E-state index contributed by atoms with van der Waals surface area (Å²) in [5, 5.41) is 0. The Morgan fingerprint density at radius 2 is 2.07 bits per heavy atom. The summed E-state index contributed by atoms with van der Waals surface area (Å²) < 4.78 is 5.55. The Bertz CT molecular complexity index is 593. The molecule has 0 bridgehead atoms. The second kappa shape index (κ2) is 9.54. The molecular weight excluding hydrogens is 338 g/mol. The molecular formula is C22H37N3O2. The highest BCUT2D eigenvalue weighted by Crippen LogP contribution is 2.32. The topological polar surface area (TPSA) is 45.7 Å². The minimum atomic E-state index is -0.511. The van der Waals surface area contributed by atoms with Crippen LogP contribution in [0.5, 0.6) is 0 Å². The molecule has 0 aromatic carbocycles. The summed E-state index contributed by atoms with van der Waals surface area (Å²) in [5.74, 6) is 1.33. The standard InChI is InChI=1S/C22H37N3O2/c1-7-13-25(21(26)27-22(4,5)6)20-12-11-18(15-23-20)19-10-8-9-14-24(19)16-17(2)3/h11-12,15,17,19H,7-10,13-14,16H2,1-6H3/t19-/m0/s1. The van der Waals surface area contributed by atoms with Crippen LogP contribution in [0.1, 0.15) is 78.8 Å². The molecule has 1 atom stereocenters. The maximum atomic E-state index is 12.6. The molecule has 1 saturated heterocycles. The van der Waals surface area contributed by atoms with Crippen molar-refractivity contribution in [1.82, 2.24) is 9.88 Å². The van der Waals surface area contributed by atoms with E-state index in [2.05, 4.69) is 36.7 Å². The van der Waals surface area contributed by atoms with Crippen LogP contribution in [-0.4, -0.2) is 41.2 Å². The highest BCUT2D eigenvalue weighted by atomic mass is 16.6. The summed E-state index contributed by atoms with van der Waals surface area (Å²) in [6, 6.07) is 4.54. The molecule has 0 N–H and O–H groups in total. The van der Waals surface area contributed by atoms with E-state index in [9.17, 15) is 4.79 Å². The van der Waals surface area contributed by atoms with Crippen molar-refractivity contribution in [2.24, 2.45) is 5.92 Å². The number of anilines is 1. The first kappa shape index (κ1) is 21.7. The van der Waals surface area contributed by atoms with E-state index in [1.807, 2.05) is 33.0 Å². The first-order valence-corrected chi connectivity index (χ1v) is 10.4. The monoisotopic (exact) mass is 375 g/mol. The number of piperidine rings is 1. The molecule has 0 aliphatic carbocycles. The molecule has 1 aromatic rings. The summed E-state index contributed by atoms with van der Waals surface area (Å²) in [5.41, 5.74) is 0.738. The number of pyridine rings is 1. The van der Waals surface area contributed by atoms with Gasteiger partial charge in [0, 0.05) is 25.3 Å². The van der Waals surface area contributed by atoms with Crippen LogP contribution < -0.4 is 4.90 Å². The fraction of sp³-hybridized carbons (Fsp3) is 0.727. The van der Waals surface area contributed by atoms with Gasteiger partial charge in [-0.2, -0.15) is 0 Å². The minimum absolute atomic E-state index is 0.330. The van der Waals surface area contributed by atoms with Gasteiger partial charge >= 0.3 is 6.09 Å². The van der Waals surface area contributed by atoms with Crippen LogP contribution in [0.2, 0.25) is 0 Å². The molecule has 1 aliphatic rings. The maximum Gasteiger partial charge on any atom is 0.416 e. The second-order valence-electron chi connectivity index (χ2n) is 8.98. The zero-order valence-electron chi connectivity index (χ0n) is 18.0. The summed E-state index contributed by atoms with van der Waals surface area (Å²) in [4.78, 5) is 21.4. The van der Waals surface area contributed by atoms with Crippen molar-refractivity contribution in [3.8, 4) is 0 Å². The van der Waals surface area contributed by atoms with E-state index in [1.54, 1.807) is 4.90 Å². The molecule has 2 heterocycles. The van der Waals surface area contributed by atoms with Crippen molar-refractivity contribution >= 4 is 11.9 Å². The lowest BCUT2D eigenvalue weighted by Crippen LogP contribution is -2.38. The van der Waals surface area contributed by atoms with Crippen molar-refractivity contribution in [3.63, 3.8) is 0 Å². The van der Waals surface area contributed by atoms with E-state index in [1.165, 1.54) is 24.8 Å². The lowest BCUT2D eigenvalue weighted by atomic mass is 9.95. The third kappa shape index (κ3) is 6.49. The SMILES string of the molecule is CCCN(C(=O)OC(C)(C)C)c1ccc([C@@H]2CCCCN2CC(C)C)cn1. The van der Waals surface area contributed by atoms with E-state index >= 15 is 0 Å². The summed E-state index contributed by atoms with van der Waals surface area (Å²) >= 11 is 0. The van der Waals surface area contributed by atoms with Crippen LogP contribution in [0.4, 0.5) is 10.6 Å². The molecule has 2 rings (SSSR count). The van der Waals surface area contributed by atoms with Gasteiger partial charge in [-0.3, -0.25) is 9.80 Å². The highest BCUT2D eigenvalue weighted by molar-refractivity contribution is 5.86. The molecule has 27 heavy (non-hydrogen) atoms. The Labute approximate surface area is 165 Å². The van der Waals surface area contributed by atoms with Gasteiger partial charge in [0.1, 0.15) is 11.4 Å². The number of hydrogen-bond donors (Lipinski definition) is 0. The molecule has 152 valence electrons. The van der Waals surface area contributed by atoms with Crippen molar-refractivity contribution in [3.05, 3.63) is 23.9 Å². The van der Waals surface area contributed by atoms with Crippen LogP contribution in [0.3, 0.4) is 0 Å². The van der Waals surface area contributed by atoms with Gasteiger partial charge in [0.2, 0.25) is 0 Å². The predicted molar refractivity (Wildman–Crippen MR) is 111 cm³/mol. The Morgan fingerprint density at radius 1 is 1.33 bits per heavy atom. The number of carbonyl (C=O) groups is 1. The highest BCUT2D eigenvalue weighted by Gasteiger charge is 2.26. The zero-order valence-corrected chi connectivity index (χ0v) is 18.0. The zero-order chi connectivity index (χ0) is 20.0. The molecule has 5 nitrogen and oxygen atoms in total. The smallest absolute Gasteiger partial charge is 0.416 e. The normalized spacial score (nSPS) is 18.6. The molecule has 1 amide bonds. The number of aromatic nitrogens is 1. The molecule has 0 radical (unpaired) electrons. The van der Waals surface area contributed by atoms with Crippen LogP contribution >= 0.6 is 0 Å². The van der Waals surface area contributed by atoms with E-state index in [-0.39, 0.29) is 6.09 Å². The van der Waals surface area contributed by atoms with Gasteiger partial charge in [0.15, 0.2) is 0 Å². The number of hydrogen-bond acceptors (Lipinski definition) is 4. The molecule has 0 saturated carbocycles. The Hall–Kier alpha value is -1.62. The second-order valence-corrected chi connectivity index (χ2v) is 8.98. The quantitative estimate of drug-likeness (QED) is 0.666. The van der Waals surface area contributed by atoms with Gasteiger partial charge in [-0.25, -0.2) is 9.78 Å². The Balaban J connectivity index is 2.16. The van der Waals surface area contributed by atoms with Crippen molar-refractivity contribution < 1.29 is 9.53 Å². The summed E-state index contributed by atoms with van der Waals surface area (Å²) in [6.07, 6.45) is 6.19. The van der Waals surface area contributed by atoms with Crippen molar-refractivity contribution in [1.29, 1.82) is 0 Å². The van der Waals surface area contributed by atoms with Gasteiger partial charge in [-0.15, -0.1) is 0 Å². The predicted octanol–water partition coefficient (Wildman–Crippen LogP) is 5.42.